The average Bonchev–Trinajstić information content (AvgIpc) is 2.94. The number of carbonyl (C=O) groups is 1. The van der Waals surface area contributed by atoms with Crippen molar-refractivity contribution >= 4 is 11.6 Å². The van der Waals surface area contributed by atoms with Crippen LogP contribution in [0.4, 0.5) is 5.69 Å². The van der Waals surface area contributed by atoms with Crippen LogP contribution in [0, 0.1) is 13.8 Å². The van der Waals surface area contributed by atoms with Gasteiger partial charge in [0, 0.05) is 23.5 Å². The van der Waals surface area contributed by atoms with Gasteiger partial charge in [0.1, 0.15) is 11.5 Å². The number of pyridine rings is 1. The topological polar surface area (TPSA) is 77.3 Å². The molecular formula is C19H19N3O3. The summed E-state index contributed by atoms with van der Waals surface area (Å²) in [5.74, 6) is 1.23. The van der Waals surface area contributed by atoms with Crippen LogP contribution in [-0.2, 0) is 4.79 Å². The number of benzene rings is 1. The molecule has 0 bridgehead atoms. The molecule has 0 aliphatic carbocycles. The van der Waals surface area contributed by atoms with Crippen LogP contribution >= 0.6 is 0 Å². The number of hydrogen-bond acceptors (Lipinski definition) is 5. The average molecular weight is 337 g/mol. The fourth-order valence-electron chi connectivity index (χ4n) is 2.64. The summed E-state index contributed by atoms with van der Waals surface area (Å²) in [6.07, 6.45) is 1.59. The molecule has 0 spiro atoms. The third-order valence-electron chi connectivity index (χ3n) is 3.88. The lowest BCUT2D eigenvalue weighted by Crippen LogP contribution is -2.19. The van der Waals surface area contributed by atoms with Gasteiger partial charge < -0.3 is 14.6 Å². The Morgan fingerprint density at radius 1 is 1.20 bits per heavy atom. The number of nitrogens with one attached hydrogen (secondary N) is 1. The predicted molar refractivity (Wildman–Crippen MR) is 93.8 cm³/mol. The Labute approximate surface area is 145 Å². The van der Waals surface area contributed by atoms with Gasteiger partial charge in [-0.15, -0.1) is 0 Å². The molecule has 1 amide bonds. The number of ether oxygens (including phenoxy) is 1. The number of rotatable bonds is 5. The van der Waals surface area contributed by atoms with Gasteiger partial charge in [-0.2, -0.15) is 0 Å². The van der Waals surface area contributed by atoms with Gasteiger partial charge >= 0.3 is 0 Å². The number of amides is 1. The third kappa shape index (κ3) is 3.85. The van der Waals surface area contributed by atoms with E-state index >= 15 is 0 Å². The quantitative estimate of drug-likeness (QED) is 0.754. The van der Waals surface area contributed by atoms with Crippen LogP contribution in [0.15, 0.2) is 53.2 Å². The third-order valence-corrected chi connectivity index (χ3v) is 3.88. The van der Waals surface area contributed by atoms with Crippen molar-refractivity contribution in [1.29, 1.82) is 0 Å². The molecule has 1 aromatic carbocycles. The van der Waals surface area contributed by atoms with Gasteiger partial charge in [-0.25, -0.2) is 4.98 Å². The van der Waals surface area contributed by atoms with Crippen molar-refractivity contribution in [2.24, 2.45) is 0 Å². The van der Waals surface area contributed by atoms with Crippen molar-refractivity contribution in [2.45, 2.75) is 26.7 Å². The summed E-state index contributed by atoms with van der Waals surface area (Å²) in [4.78, 5) is 16.7. The van der Waals surface area contributed by atoms with Crippen molar-refractivity contribution in [3.8, 4) is 11.6 Å². The van der Waals surface area contributed by atoms with Crippen molar-refractivity contribution in [3.63, 3.8) is 0 Å². The highest BCUT2D eigenvalue weighted by Crippen LogP contribution is 2.26. The molecule has 0 radical (unpaired) electrons. The van der Waals surface area contributed by atoms with Gasteiger partial charge in [-0.05, 0) is 39.0 Å². The molecule has 6 nitrogen and oxygen atoms in total. The van der Waals surface area contributed by atoms with Crippen LogP contribution in [-0.4, -0.2) is 16.0 Å². The summed E-state index contributed by atoms with van der Waals surface area (Å²) in [6.45, 7) is 5.45. The van der Waals surface area contributed by atoms with Crippen molar-refractivity contribution in [3.05, 3.63) is 65.7 Å². The number of hydrogen-bond donors (Lipinski definition) is 1. The maximum atomic E-state index is 12.5. The van der Waals surface area contributed by atoms with Crippen LogP contribution < -0.4 is 10.1 Å². The first kappa shape index (κ1) is 16.7. The maximum absolute atomic E-state index is 12.5. The molecular weight excluding hydrogens is 318 g/mol. The lowest BCUT2D eigenvalue weighted by atomic mass is 9.98. The van der Waals surface area contributed by atoms with E-state index in [1.807, 2.05) is 44.2 Å². The van der Waals surface area contributed by atoms with E-state index in [1.54, 1.807) is 25.3 Å². The molecule has 2 heterocycles. The summed E-state index contributed by atoms with van der Waals surface area (Å²) < 4.78 is 10.8. The Hall–Kier alpha value is -3.15. The highest BCUT2D eigenvalue weighted by atomic mass is 16.5. The Kier molecular flexibility index (Phi) is 4.79. The van der Waals surface area contributed by atoms with Crippen LogP contribution in [0.5, 0.6) is 11.6 Å². The summed E-state index contributed by atoms with van der Waals surface area (Å²) >= 11 is 0. The minimum Gasteiger partial charge on any atom is -0.439 e. The zero-order valence-electron chi connectivity index (χ0n) is 14.3. The normalized spacial score (nSPS) is 11.8. The fourth-order valence-corrected chi connectivity index (χ4v) is 2.64. The highest BCUT2D eigenvalue weighted by Gasteiger charge is 2.23. The maximum Gasteiger partial charge on any atom is 0.231 e. The Morgan fingerprint density at radius 2 is 1.96 bits per heavy atom. The molecule has 0 saturated heterocycles. The molecule has 3 aromatic rings. The molecule has 0 aliphatic rings. The van der Waals surface area contributed by atoms with E-state index < -0.39 is 0 Å². The predicted octanol–water partition coefficient (Wildman–Crippen LogP) is 4.22. The first-order valence-corrected chi connectivity index (χ1v) is 7.97. The molecule has 0 fully saturated rings. The number of nitrogens with zero attached hydrogens (tertiary/aromatic N) is 2. The summed E-state index contributed by atoms with van der Waals surface area (Å²) in [7, 11) is 0. The second-order valence-corrected chi connectivity index (χ2v) is 5.75. The minimum atomic E-state index is -0.377. The van der Waals surface area contributed by atoms with Gasteiger partial charge in [0.2, 0.25) is 11.8 Å². The summed E-state index contributed by atoms with van der Waals surface area (Å²) in [6, 6.07) is 12.8. The molecule has 0 aliphatic heterocycles. The van der Waals surface area contributed by atoms with Crippen molar-refractivity contribution < 1.29 is 14.1 Å². The molecule has 2 aromatic heterocycles. The molecule has 6 heteroatoms. The Bertz CT molecular complexity index is 855. The lowest BCUT2D eigenvalue weighted by Gasteiger charge is -2.12. The van der Waals surface area contributed by atoms with E-state index in [4.69, 9.17) is 9.26 Å². The van der Waals surface area contributed by atoms with E-state index in [2.05, 4.69) is 15.5 Å². The summed E-state index contributed by atoms with van der Waals surface area (Å²) in [5.41, 5.74) is 2.15. The Morgan fingerprint density at radius 3 is 2.64 bits per heavy atom. The molecule has 0 saturated carbocycles. The molecule has 1 N–H and O–H groups in total. The van der Waals surface area contributed by atoms with Gasteiger partial charge in [-0.3, -0.25) is 4.79 Å². The van der Waals surface area contributed by atoms with Gasteiger partial charge in [0.15, 0.2) is 0 Å². The standard InChI is InChI=1S/C19H19N3O3/c1-12(18-13(2)22-25-14(18)3)19(23)21-15-9-10-20-17(11-15)24-16-7-5-4-6-8-16/h4-12H,1-3H3,(H,20,21,23)/t12-/m0/s1. The smallest absolute Gasteiger partial charge is 0.231 e. The lowest BCUT2D eigenvalue weighted by molar-refractivity contribution is -0.117. The Balaban J connectivity index is 1.72. The van der Waals surface area contributed by atoms with E-state index in [-0.39, 0.29) is 11.8 Å². The van der Waals surface area contributed by atoms with E-state index in [0.29, 0.717) is 23.1 Å². The second-order valence-electron chi connectivity index (χ2n) is 5.75. The first-order chi connectivity index (χ1) is 12.0. The SMILES string of the molecule is Cc1noc(C)c1[C@H](C)C(=O)Nc1ccnc(Oc2ccccc2)c1. The van der Waals surface area contributed by atoms with Crippen LogP contribution in [0.25, 0.3) is 0 Å². The van der Waals surface area contributed by atoms with E-state index in [0.717, 1.165) is 11.3 Å². The number of aromatic nitrogens is 2. The van der Waals surface area contributed by atoms with Crippen molar-refractivity contribution in [1.82, 2.24) is 10.1 Å². The number of aryl methyl sites for hydroxylation is 2. The molecule has 1 atom stereocenters. The van der Waals surface area contributed by atoms with E-state index in [1.165, 1.54) is 0 Å². The van der Waals surface area contributed by atoms with Crippen LogP contribution in [0.2, 0.25) is 0 Å². The zero-order valence-corrected chi connectivity index (χ0v) is 14.3. The molecule has 0 unspecified atom stereocenters. The van der Waals surface area contributed by atoms with Crippen LogP contribution in [0.1, 0.15) is 29.9 Å². The van der Waals surface area contributed by atoms with Crippen molar-refractivity contribution in [2.75, 3.05) is 5.32 Å². The minimum absolute atomic E-state index is 0.147. The van der Waals surface area contributed by atoms with Gasteiger partial charge in [0.05, 0.1) is 11.6 Å². The van der Waals surface area contributed by atoms with Gasteiger partial charge in [0.25, 0.3) is 0 Å². The van der Waals surface area contributed by atoms with Crippen LogP contribution in [0.3, 0.4) is 0 Å². The molecule has 128 valence electrons. The fraction of sp³-hybridized carbons (Fsp3) is 0.211. The number of para-hydroxylation sites is 1. The monoisotopic (exact) mass is 337 g/mol. The number of anilines is 1. The second kappa shape index (κ2) is 7.17. The zero-order chi connectivity index (χ0) is 17.8. The van der Waals surface area contributed by atoms with Gasteiger partial charge in [-0.1, -0.05) is 23.4 Å². The molecule has 25 heavy (non-hydrogen) atoms. The van der Waals surface area contributed by atoms with E-state index in [9.17, 15) is 4.79 Å². The molecule has 3 rings (SSSR count). The number of carbonyl (C=O) groups excluding carboxylic acids is 1. The first-order valence-electron chi connectivity index (χ1n) is 7.97. The summed E-state index contributed by atoms with van der Waals surface area (Å²) in [5, 5.41) is 6.78. The highest BCUT2D eigenvalue weighted by molar-refractivity contribution is 5.95. The largest absolute Gasteiger partial charge is 0.439 e.